The van der Waals surface area contributed by atoms with E-state index < -0.39 is 0 Å². The normalized spacial score (nSPS) is 13.6. The van der Waals surface area contributed by atoms with Crippen LogP contribution in [0.25, 0.3) is 0 Å². The van der Waals surface area contributed by atoms with Gasteiger partial charge >= 0.3 is 0 Å². The standard InChI is InChI=1S/C12H18N2O/c1-12(2,3)11(13)7-10(15)9-5-4-6-14-8-9/h4-6,8,11H,7,13H2,1-3H3. The Kier molecular flexibility index (Phi) is 3.58. The molecule has 15 heavy (non-hydrogen) atoms. The second kappa shape index (κ2) is 4.53. The minimum atomic E-state index is -0.120. The van der Waals surface area contributed by atoms with Crippen molar-refractivity contribution in [2.24, 2.45) is 11.1 Å². The summed E-state index contributed by atoms with van der Waals surface area (Å²) in [6.07, 6.45) is 3.60. The maximum atomic E-state index is 11.8. The van der Waals surface area contributed by atoms with Crippen LogP contribution in [0.3, 0.4) is 0 Å². The molecule has 3 heteroatoms. The Morgan fingerprint density at radius 2 is 2.20 bits per heavy atom. The van der Waals surface area contributed by atoms with E-state index in [0.29, 0.717) is 12.0 Å². The maximum absolute atomic E-state index is 11.8. The highest BCUT2D eigenvalue weighted by atomic mass is 16.1. The summed E-state index contributed by atoms with van der Waals surface area (Å²) in [4.78, 5) is 15.7. The number of hydrogen-bond acceptors (Lipinski definition) is 3. The monoisotopic (exact) mass is 206 g/mol. The van der Waals surface area contributed by atoms with Crippen LogP contribution in [0.4, 0.5) is 0 Å². The van der Waals surface area contributed by atoms with E-state index in [0.717, 1.165) is 0 Å². The van der Waals surface area contributed by atoms with Crippen LogP contribution in [-0.4, -0.2) is 16.8 Å². The molecule has 1 unspecified atom stereocenters. The number of nitrogens with two attached hydrogens (primary N) is 1. The molecule has 2 N–H and O–H groups in total. The van der Waals surface area contributed by atoms with Crippen molar-refractivity contribution in [1.29, 1.82) is 0 Å². The van der Waals surface area contributed by atoms with Gasteiger partial charge in [-0.2, -0.15) is 0 Å². The number of ketones is 1. The topological polar surface area (TPSA) is 56.0 Å². The van der Waals surface area contributed by atoms with Gasteiger partial charge in [-0.15, -0.1) is 0 Å². The number of nitrogens with zero attached hydrogens (tertiary/aromatic N) is 1. The van der Waals surface area contributed by atoms with Gasteiger partial charge in [0.1, 0.15) is 0 Å². The van der Waals surface area contributed by atoms with Gasteiger partial charge in [-0.1, -0.05) is 20.8 Å². The van der Waals surface area contributed by atoms with E-state index >= 15 is 0 Å². The first-order valence-corrected chi connectivity index (χ1v) is 5.10. The fraction of sp³-hybridized carbons (Fsp3) is 0.500. The smallest absolute Gasteiger partial charge is 0.165 e. The van der Waals surface area contributed by atoms with Gasteiger partial charge in [0.05, 0.1) is 0 Å². The van der Waals surface area contributed by atoms with Crippen molar-refractivity contribution in [1.82, 2.24) is 4.98 Å². The minimum Gasteiger partial charge on any atom is -0.327 e. The largest absolute Gasteiger partial charge is 0.327 e. The number of hydrogen-bond donors (Lipinski definition) is 1. The average Bonchev–Trinajstić information content (AvgIpc) is 2.17. The molecule has 0 aromatic carbocycles. The number of pyridine rings is 1. The molecule has 1 rings (SSSR count). The lowest BCUT2D eigenvalue weighted by Crippen LogP contribution is -2.36. The van der Waals surface area contributed by atoms with Crippen LogP contribution in [0, 0.1) is 5.41 Å². The molecule has 0 amide bonds. The van der Waals surface area contributed by atoms with Gasteiger partial charge < -0.3 is 5.73 Å². The van der Waals surface area contributed by atoms with Crippen LogP contribution >= 0.6 is 0 Å². The Labute approximate surface area is 90.7 Å². The van der Waals surface area contributed by atoms with E-state index in [1.807, 2.05) is 20.8 Å². The highest BCUT2D eigenvalue weighted by molar-refractivity contribution is 5.96. The third-order valence-electron chi connectivity index (χ3n) is 2.50. The van der Waals surface area contributed by atoms with Crippen molar-refractivity contribution in [2.45, 2.75) is 33.2 Å². The second-order valence-electron chi connectivity index (χ2n) is 4.84. The van der Waals surface area contributed by atoms with E-state index in [2.05, 4.69) is 4.98 Å². The number of carbonyl (C=O) groups excluding carboxylic acids is 1. The number of aromatic nitrogens is 1. The minimum absolute atomic E-state index is 0.0438. The SMILES string of the molecule is CC(C)(C)C(N)CC(=O)c1cccnc1. The summed E-state index contributed by atoms with van der Waals surface area (Å²) in [5, 5.41) is 0. The van der Waals surface area contributed by atoms with Crippen LogP contribution in [0.1, 0.15) is 37.6 Å². The van der Waals surface area contributed by atoms with Crippen LogP contribution in [-0.2, 0) is 0 Å². The molecule has 0 saturated heterocycles. The highest BCUT2D eigenvalue weighted by Crippen LogP contribution is 2.20. The van der Waals surface area contributed by atoms with Crippen molar-refractivity contribution in [2.75, 3.05) is 0 Å². The van der Waals surface area contributed by atoms with E-state index in [4.69, 9.17) is 5.73 Å². The predicted molar refractivity (Wildman–Crippen MR) is 60.6 cm³/mol. The maximum Gasteiger partial charge on any atom is 0.165 e. The van der Waals surface area contributed by atoms with Gasteiger partial charge in [0.15, 0.2) is 5.78 Å². The summed E-state index contributed by atoms with van der Waals surface area (Å²) in [5.74, 6) is 0.0607. The van der Waals surface area contributed by atoms with Crippen molar-refractivity contribution >= 4 is 5.78 Å². The Bertz CT molecular complexity index is 327. The Hall–Kier alpha value is -1.22. The molecule has 82 valence electrons. The molecule has 0 fully saturated rings. The molecule has 3 nitrogen and oxygen atoms in total. The zero-order chi connectivity index (χ0) is 11.5. The summed E-state index contributed by atoms with van der Waals surface area (Å²) in [5.41, 5.74) is 6.54. The van der Waals surface area contributed by atoms with Crippen LogP contribution in [0.15, 0.2) is 24.5 Å². The zero-order valence-electron chi connectivity index (χ0n) is 9.53. The summed E-state index contributed by atoms with van der Waals surface area (Å²) < 4.78 is 0. The lowest BCUT2D eigenvalue weighted by Gasteiger charge is -2.26. The van der Waals surface area contributed by atoms with Gasteiger partial charge in [0.25, 0.3) is 0 Å². The first-order chi connectivity index (χ1) is 6.91. The van der Waals surface area contributed by atoms with Gasteiger partial charge in [0, 0.05) is 30.4 Å². The summed E-state index contributed by atoms with van der Waals surface area (Å²) in [6.45, 7) is 6.11. The molecule has 0 aliphatic rings. The molecule has 1 atom stereocenters. The fourth-order valence-electron chi connectivity index (χ4n) is 1.15. The Balaban J connectivity index is 2.65. The van der Waals surface area contributed by atoms with Crippen molar-refractivity contribution in [3.05, 3.63) is 30.1 Å². The molecule has 0 radical (unpaired) electrons. The third kappa shape index (κ3) is 3.44. The summed E-state index contributed by atoms with van der Waals surface area (Å²) in [7, 11) is 0. The first-order valence-electron chi connectivity index (χ1n) is 5.10. The van der Waals surface area contributed by atoms with Crippen molar-refractivity contribution < 1.29 is 4.79 Å². The Morgan fingerprint density at radius 1 is 1.53 bits per heavy atom. The highest BCUT2D eigenvalue weighted by Gasteiger charge is 2.23. The molecule has 0 aliphatic carbocycles. The molecule has 0 spiro atoms. The molecule has 0 bridgehead atoms. The summed E-state index contributed by atoms with van der Waals surface area (Å²) >= 11 is 0. The average molecular weight is 206 g/mol. The lowest BCUT2D eigenvalue weighted by atomic mass is 9.84. The van der Waals surface area contributed by atoms with E-state index in [-0.39, 0.29) is 17.2 Å². The third-order valence-corrected chi connectivity index (χ3v) is 2.50. The number of carbonyl (C=O) groups is 1. The molecule has 1 aromatic rings. The predicted octanol–water partition coefficient (Wildman–Crippen LogP) is 2.03. The van der Waals surface area contributed by atoms with E-state index in [1.165, 1.54) is 0 Å². The quantitative estimate of drug-likeness (QED) is 0.770. The van der Waals surface area contributed by atoms with Crippen molar-refractivity contribution in [3.63, 3.8) is 0 Å². The fourth-order valence-corrected chi connectivity index (χ4v) is 1.15. The molecule has 0 saturated carbocycles. The molecule has 1 aromatic heterocycles. The Morgan fingerprint density at radius 3 is 2.67 bits per heavy atom. The van der Waals surface area contributed by atoms with Gasteiger partial charge in [0.2, 0.25) is 0 Å². The van der Waals surface area contributed by atoms with Crippen molar-refractivity contribution in [3.8, 4) is 0 Å². The molecular weight excluding hydrogens is 188 g/mol. The van der Waals surface area contributed by atoms with Crippen LogP contribution < -0.4 is 5.73 Å². The van der Waals surface area contributed by atoms with Gasteiger partial charge in [-0.3, -0.25) is 9.78 Å². The molecule has 1 heterocycles. The van der Waals surface area contributed by atoms with E-state index in [9.17, 15) is 4.79 Å². The molecule has 0 aliphatic heterocycles. The first kappa shape index (κ1) is 11.9. The summed E-state index contributed by atoms with van der Waals surface area (Å²) in [6, 6.07) is 3.41. The van der Waals surface area contributed by atoms with Gasteiger partial charge in [-0.05, 0) is 17.5 Å². The zero-order valence-corrected chi connectivity index (χ0v) is 9.53. The number of rotatable bonds is 3. The van der Waals surface area contributed by atoms with Crippen LogP contribution in [0.2, 0.25) is 0 Å². The molecular formula is C12H18N2O. The van der Waals surface area contributed by atoms with E-state index in [1.54, 1.807) is 24.5 Å². The van der Waals surface area contributed by atoms with Crippen LogP contribution in [0.5, 0.6) is 0 Å². The van der Waals surface area contributed by atoms with Gasteiger partial charge in [-0.25, -0.2) is 0 Å². The lowest BCUT2D eigenvalue weighted by molar-refractivity contribution is 0.0953. The number of Topliss-reactive ketones (excluding diaryl/α,β-unsaturated/α-hetero) is 1. The second-order valence-corrected chi connectivity index (χ2v) is 4.84.